The summed E-state index contributed by atoms with van der Waals surface area (Å²) in [4.78, 5) is 4.97. The maximum Gasteiger partial charge on any atom is 0.0783 e. The van der Waals surface area contributed by atoms with Crippen LogP contribution < -0.4 is 9.80 Å². The third kappa shape index (κ3) is 5.95. The van der Waals surface area contributed by atoms with Crippen LogP contribution in [0.5, 0.6) is 0 Å². The van der Waals surface area contributed by atoms with Crippen molar-refractivity contribution in [3.05, 3.63) is 277 Å². The van der Waals surface area contributed by atoms with Crippen LogP contribution in [-0.2, 0) is 5.41 Å². The molecule has 12 rings (SSSR count). The van der Waals surface area contributed by atoms with Crippen LogP contribution in [0.25, 0.3) is 44.5 Å². The standard InChI is InChI=1S/C61H42N2/c1-5-17-43(18-6-1)47-29-35-51(36-30-47)62-57-27-15-13-25-53(57)61(54-26-14-16-28-58(54)62)55-41-49(45-21-9-3-10-22-45)33-39-59(55)63(52-37-31-48(32-38-52)44-19-7-2-8-20-44)60-40-34-50(42-56(60)61)46-23-11-4-12-24-46/h1-42H. The van der Waals surface area contributed by atoms with E-state index in [0.29, 0.717) is 0 Å². The molecule has 296 valence electrons. The summed E-state index contributed by atoms with van der Waals surface area (Å²) >= 11 is 0. The highest BCUT2D eigenvalue weighted by molar-refractivity contribution is 5.98. The third-order valence-corrected chi connectivity index (χ3v) is 13.1. The van der Waals surface area contributed by atoms with Crippen LogP contribution >= 0.6 is 0 Å². The minimum Gasteiger partial charge on any atom is -0.310 e. The first-order valence-electron chi connectivity index (χ1n) is 21.8. The Balaban J connectivity index is 1.15. The molecule has 0 fully saturated rings. The van der Waals surface area contributed by atoms with Gasteiger partial charge in [-0.15, -0.1) is 0 Å². The van der Waals surface area contributed by atoms with Crippen molar-refractivity contribution in [3.8, 4) is 44.5 Å². The van der Waals surface area contributed by atoms with E-state index in [1.54, 1.807) is 0 Å². The SMILES string of the molecule is c1ccc(-c2ccc(N3c4ccccc4C4(c5ccccc53)c3cc(-c5ccccc5)ccc3N(c3ccc(-c5ccccc5)cc3)c3ccc(-c5ccccc5)cc34)cc2)cc1. The Morgan fingerprint density at radius 1 is 0.206 bits per heavy atom. The maximum atomic E-state index is 2.49. The van der Waals surface area contributed by atoms with Gasteiger partial charge in [0.15, 0.2) is 0 Å². The van der Waals surface area contributed by atoms with E-state index in [2.05, 4.69) is 265 Å². The Morgan fingerprint density at radius 2 is 0.476 bits per heavy atom. The van der Waals surface area contributed by atoms with Crippen molar-refractivity contribution in [2.75, 3.05) is 9.80 Å². The van der Waals surface area contributed by atoms with Crippen LogP contribution in [0.1, 0.15) is 22.3 Å². The van der Waals surface area contributed by atoms with Gasteiger partial charge in [0.25, 0.3) is 0 Å². The summed E-state index contributed by atoms with van der Waals surface area (Å²) in [5, 5.41) is 0. The molecule has 10 aromatic rings. The highest BCUT2D eigenvalue weighted by Crippen LogP contribution is 2.64. The van der Waals surface area contributed by atoms with Gasteiger partial charge in [0, 0.05) is 11.4 Å². The summed E-state index contributed by atoms with van der Waals surface area (Å²) in [5.41, 5.74) is 20.7. The Hall–Kier alpha value is -8.20. The molecular formula is C61H42N2. The van der Waals surface area contributed by atoms with Gasteiger partial charge in [0.1, 0.15) is 0 Å². The molecule has 0 unspecified atom stereocenters. The molecule has 0 atom stereocenters. The first kappa shape index (κ1) is 36.6. The molecule has 0 aromatic heterocycles. The summed E-state index contributed by atoms with van der Waals surface area (Å²) in [6.45, 7) is 0. The first-order chi connectivity index (χ1) is 31.3. The van der Waals surface area contributed by atoms with Crippen molar-refractivity contribution in [2.45, 2.75) is 5.41 Å². The van der Waals surface area contributed by atoms with Crippen LogP contribution in [0.2, 0.25) is 0 Å². The molecule has 0 saturated carbocycles. The molecule has 2 aliphatic heterocycles. The van der Waals surface area contributed by atoms with Gasteiger partial charge in [-0.25, -0.2) is 0 Å². The molecule has 2 aliphatic rings. The van der Waals surface area contributed by atoms with E-state index in [4.69, 9.17) is 0 Å². The lowest BCUT2D eigenvalue weighted by Gasteiger charge is -2.51. The lowest BCUT2D eigenvalue weighted by atomic mass is 9.59. The number of hydrogen-bond donors (Lipinski definition) is 0. The van der Waals surface area contributed by atoms with Gasteiger partial charge in [0.05, 0.1) is 28.2 Å². The van der Waals surface area contributed by atoms with E-state index in [9.17, 15) is 0 Å². The third-order valence-electron chi connectivity index (χ3n) is 13.1. The molecule has 0 amide bonds. The Morgan fingerprint density at radius 3 is 0.841 bits per heavy atom. The van der Waals surface area contributed by atoms with E-state index in [1.165, 1.54) is 66.8 Å². The molecule has 2 heteroatoms. The van der Waals surface area contributed by atoms with Crippen molar-refractivity contribution in [1.82, 2.24) is 0 Å². The molecule has 2 heterocycles. The van der Waals surface area contributed by atoms with Crippen LogP contribution in [0.4, 0.5) is 34.1 Å². The molecule has 1 spiro atoms. The highest BCUT2D eigenvalue weighted by atomic mass is 15.2. The van der Waals surface area contributed by atoms with Crippen LogP contribution in [0.15, 0.2) is 255 Å². The van der Waals surface area contributed by atoms with E-state index in [-0.39, 0.29) is 0 Å². The number of fused-ring (bicyclic) bond motifs is 8. The first-order valence-corrected chi connectivity index (χ1v) is 21.8. The van der Waals surface area contributed by atoms with E-state index in [0.717, 1.165) is 34.1 Å². The zero-order valence-corrected chi connectivity index (χ0v) is 34.6. The van der Waals surface area contributed by atoms with Gasteiger partial charge in [-0.05, 0) is 127 Å². The second-order valence-electron chi connectivity index (χ2n) is 16.5. The zero-order valence-electron chi connectivity index (χ0n) is 34.6. The van der Waals surface area contributed by atoms with Gasteiger partial charge in [-0.3, -0.25) is 0 Å². The second-order valence-corrected chi connectivity index (χ2v) is 16.5. The lowest BCUT2D eigenvalue weighted by molar-refractivity contribution is 0.719. The molecular weight excluding hydrogens is 761 g/mol. The summed E-state index contributed by atoms with van der Waals surface area (Å²) in [5.74, 6) is 0. The van der Waals surface area contributed by atoms with Gasteiger partial charge in [0.2, 0.25) is 0 Å². The van der Waals surface area contributed by atoms with E-state index in [1.807, 2.05) is 0 Å². The molecule has 2 nitrogen and oxygen atoms in total. The summed E-state index contributed by atoms with van der Waals surface area (Å²) in [6.07, 6.45) is 0. The van der Waals surface area contributed by atoms with Crippen LogP contribution in [0.3, 0.4) is 0 Å². The minimum atomic E-state index is -0.700. The van der Waals surface area contributed by atoms with Gasteiger partial charge in [-0.2, -0.15) is 0 Å². The summed E-state index contributed by atoms with van der Waals surface area (Å²) in [7, 11) is 0. The monoisotopic (exact) mass is 802 g/mol. The smallest absolute Gasteiger partial charge is 0.0783 e. The van der Waals surface area contributed by atoms with Crippen LogP contribution in [-0.4, -0.2) is 0 Å². The number of rotatable bonds is 6. The second kappa shape index (κ2) is 15.1. The van der Waals surface area contributed by atoms with Gasteiger partial charge in [-0.1, -0.05) is 194 Å². The molecule has 10 aromatic carbocycles. The number of anilines is 6. The van der Waals surface area contributed by atoms with Crippen molar-refractivity contribution < 1.29 is 0 Å². The number of benzene rings is 10. The minimum absolute atomic E-state index is 0.700. The largest absolute Gasteiger partial charge is 0.310 e. The van der Waals surface area contributed by atoms with Crippen molar-refractivity contribution in [2.24, 2.45) is 0 Å². The topological polar surface area (TPSA) is 6.48 Å². The fourth-order valence-electron chi connectivity index (χ4n) is 10.2. The number of nitrogens with zero attached hydrogens (tertiary/aromatic N) is 2. The van der Waals surface area contributed by atoms with Crippen molar-refractivity contribution in [3.63, 3.8) is 0 Å². The Labute approximate surface area is 369 Å². The number of hydrogen-bond acceptors (Lipinski definition) is 2. The fourth-order valence-corrected chi connectivity index (χ4v) is 10.2. The Kier molecular flexibility index (Phi) is 8.76. The zero-order chi connectivity index (χ0) is 41.7. The highest BCUT2D eigenvalue weighted by Gasteiger charge is 2.52. The quantitative estimate of drug-likeness (QED) is 0.165. The van der Waals surface area contributed by atoms with Gasteiger partial charge >= 0.3 is 0 Å². The molecule has 0 saturated heterocycles. The van der Waals surface area contributed by atoms with Crippen molar-refractivity contribution >= 4 is 34.1 Å². The average molecular weight is 803 g/mol. The Bertz CT molecular complexity index is 3110. The number of para-hydroxylation sites is 2. The average Bonchev–Trinajstić information content (AvgIpc) is 3.37. The maximum absolute atomic E-state index is 2.49. The van der Waals surface area contributed by atoms with E-state index < -0.39 is 5.41 Å². The normalized spacial score (nSPS) is 13.1. The summed E-state index contributed by atoms with van der Waals surface area (Å²) < 4.78 is 0. The van der Waals surface area contributed by atoms with E-state index >= 15 is 0 Å². The molecule has 0 N–H and O–H groups in total. The van der Waals surface area contributed by atoms with Gasteiger partial charge < -0.3 is 9.80 Å². The molecule has 63 heavy (non-hydrogen) atoms. The predicted molar refractivity (Wildman–Crippen MR) is 263 cm³/mol. The lowest BCUT2D eigenvalue weighted by Crippen LogP contribution is -2.42. The molecule has 0 bridgehead atoms. The molecule has 0 radical (unpaired) electrons. The predicted octanol–water partition coefficient (Wildman–Crippen LogP) is 16.3. The summed E-state index contributed by atoms with van der Waals surface area (Å²) in [6, 6.07) is 93.6. The van der Waals surface area contributed by atoms with Crippen LogP contribution in [0, 0.1) is 0 Å². The molecule has 0 aliphatic carbocycles. The van der Waals surface area contributed by atoms with Crippen molar-refractivity contribution in [1.29, 1.82) is 0 Å². The fraction of sp³-hybridized carbons (Fsp3) is 0.0164.